The van der Waals surface area contributed by atoms with Gasteiger partial charge in [-0.25, -0.2) is 9.78 Å². The van der Waals surface area contributed by atoms with Crippen molar-refractivity contribution in [1.82, 2.24) is 4.98 Å². The molecule has 0 aromatic carbocycles. The van der Waals surface area contributed by atoms with E-state index in [0.717, 1.165) is 36.5 Å². The highest BCUT2D eigenvalue weighted by Crippen LogP contribution is 2.28. The second-order valence-corrected chi connectivity index (χ2v) is 5.39. The quantitative estimate of drug-likeness (QED) is 0.825. The molecule has 0 unspecified atom stereocenters. The van der Waals surface area contributed by atoms with Crippen molar-refractivity contribution in [1.29, 1.82) is 0 Å². The fourth-order valence-corrected chi connectivity index (χ4v) is 3.04. The van der Waals surface area contributed by atoms with Crippen molar-refractivity contribution in [2.45, 2.75) is 52.5 Å². The van der Waals surface area contributed by atoms with Crippen LogP contribution in [0.3, 0.4) is 0 Å². The number of nitrogens with zero attached hydrogens (tertiary/aromatic N) is 2. The Kier molecular flexibility index (Phi) is 5.59. The molecule has 102 valence electrons. The van der Waals surface area contributed by atoms with Gasteiger partial charge in [0.15, 0.2) is 5.13 Å². The molecule has 0 aliphatic heterocycles. The molecule has 1 N–H and O–H groups in total. The van der Waals surface area contributed by atoms with E-state index < -0.39 is 5.97 Å². The van der Waals surface area contributed by atoms with Crippen LogP contribution >= 0.6 is 11.3 Å². The van der Waals surface area contributed by atoms with Crippen molar-refractivity contribution < 1.29 is 9.90 Å². The van der Waals surface area contributed by atoms with E-state index in [9.17, 15) is 9.90 Å². The molecule has 0 saturated heterocycles. The van der Waals surface area contributed by atoms with Crippen LogP contribution in [0.2, 0.25) is 0 Å². The molecule has 0 radical (unpaired) electrons. The zero-order valence-corrected chi connectivity index (χ0v) is 12.4. The third-order valence-electron chi connectivity index (χ3n) is 3.16. The van der Waals surface area contributed by atoms with Gasteiger partial charge in [-0.2, -0.15) is 0 Å². The number of aromatic nitrogens is 1. The van der Waals surface area contributed by atoms with Gasteiger partial charge in [-0.05, 0) is 19.3 Å². The average molecular weight is 270 g/mol. The van der Waals surface area contributed by atoms with Crippen molar-refractivity contribution in [3.63, 3.8) is 0 Å². The summed E-state index contributed by atoms with van der Waals surface area (Å²) in [5, 5.41) is 10.0. The molecule has 0 bridgehead atoms. The van der Waals surface area contributed by atoms with Crippen LogP contribution in [0.15, 0.2) is 0 Å². The SMILES string of the molecule is CCCc1nc(N(C)C(CC)CC)sc1C(=O)O. The highest BCUT2D eigenvalue weighted by molar-refractivity contribution is 7.17. The van der Waals surface area contributed by atoms with Crippen LogP contribution in [0.25, 0.3) is 0 Å². The zero-order valence-electron chi connectivity index (χ0n) is 11.6. The molecule has 0 atom stereocenters. The van der Waals surface area contributed by atoms with Crippen LogP contribution in [-0.4, -0.2) is 29.1 Å². The van der Waals surface area contributed by atoms with Crippen molar-refractivity contribution in [2.75, 3.05) is 11.9 Å². The summed E-state index contributed by atoms with van der Waals surface area (Å²) in [6.07, 6.45) is 3.73. The Morgan fingerprint density at radius 2 is 2.00 bits per heavy atom. The molecule has 0 fully saturated rings. The van der Waals surface area contributed by atoms with E-state index in [0.29, 0.717) is 10.9 Å². The lowest BCUT2D eigenvalue weighted by Crippen LogP contribution is -2.30. The lowest BCUT2D eigenvalue weighted by molar-refractivity contribution is 0.0700. The fraction of sp³-hybridized carbons (Fsp3) is 0.692. The van der Waals surface area contributed by atoms with Crippen molar-refractivity contribution in [3.05, 3.63) is 10.6 Å². The van der Waals surface area contributed by atoms with Crippen molar-refractivity contribution >= 4 is 22.4 Å². The summed E-state index contributed by atoms with van der Waals surface area (Å²) in [6, 6.07) is 0.423. The van der Waals surface area contributed by atoms with Crippen molar-refractivity contribution in [3.8, 4) is 0 Å². The Hall–Kier alpha value is -1.10. The highest BCUT2D eigenvalue weighted by Gasteiger charge is 2.21. The Morgan fingerprint density at radius 3 is 2.44 bits per heavy atom. The molecular formula is C13H22N2O2S. The van der Waals surface area contributed by atoms with Gasteiger partial charge in [-0.3, -0.25) is 0 Å². The molecule has 0 aliphatic rings. The molecule has 1 heterocycles. The molecule has 1 aromatic rings. The van der Waals surface area contributed by atoms with Gasteiger partial charge < -0.3 is 10.0 Å². The Morgan fingerprint density at radius 1 is 1.39 bits per heavy atom. The largest absolute Gasteiger partial charge is 0.477 e. The third kappa shape index (κ3) is 3.22. The fourth-order valence-electron chi connectivity index (χ4n) is 2.06. The predicted molar refractivity (Wildman–Crippen MR) is 75.8 cm³/mol. The summed E-state index contributed by atoms with van der Waals surface area (Å²) in [5.74, 6) is -0.861. The van der Waals surface area contributed by atoms with E-state index in [1.54, 1.807) is 0 Å². The van der Waals surface area contributed by atoms with E-state index in [-0.39, 0.29) is 0 Å². The molecule has 0 amide bonds. The molecule has 0 spiro atoms. The smallest absolute Gasteiger partial charge is 0.347 e. The lowest BCUT2D eigenvalue weighted by Gasteiger charge is -2.25. The Labute approximate surface area is 113 Å². The number of carboxylic acid groups (broad SMARTS) is 1. The summed E-state index contributed by atoms with van der Waals surface area (Å²) in [6.45, 7) is 6.32. The van der Waals surface area contributed by atoms with Gasteiger partial charge in [-0.15, -0.1) is 0 Å². The number of carboxylic acids is 1. The van der Waals surface area contributed by atoms with Crippen LogP contribution < -0.4 is 4.90 Å². The molecule has 0 aliphatic carbocycles. The van der Waals surface area contributed by atoms with Gasteiger partial charge in [0.1, 0.15) is 4.88 Å². The van der Waals surface area contributed by atoms with E-state index in [4.69, 9.17) is 0 Å². The number of aromatic carboxylic acids is 1. The molecule has 1 rings (SSSR count). The number of aryl methyl sites for hydroxylation is 1. The minimum Gasteiger partial charge on any atom is -0.477 e. The monoisotopic (exact) mass is 270 g/mol. The molecule has 1 aromatic heterocycles. The zero-order chi connectivity index (χ0) is 13.7. The average Bonchev–Trinajstić information content (AvgIpc) is 2.75. The number of rotatable bonds is 7. The first-order valence-electron chi connectivity index (χ1n) is 6.50. The first kappa shape index (κ1) is 15.0. The summed E-state index contributed by atoms with van der Waals surface area (Å²) in [5.41, 5.74) is 0.725. The minimum atomic E-state index is -0.861. The number of carbonyl (C=O) groups is 1. The normalized spacial score (nSPS) is 10.9. The topological polar surface area (TPSA) is 53.4 Å². The molecule has 4 nitrogen and oxygen atoms in total. The van der Waals surface area contributed by atoms with Gasteiger partial charge >= 0.3 is 5.97 Å². The molecular weight excluding hydrogens is 248 g/mol. The first-order valence-corrected chi connectivity index (χ1v) is 7.32. The molecule has 5 heteroatoms. The molecule has 18 heavy (non-hydrogen) atoms. The Balaban J connectivity index is 3.03. The maximum atomic E-state index is 11.2. The molecule has 0 saturated carbocycles. The second-order valence-electron chi connectivity index (χ2n) is 4.41. The van der Waals surface area contributed by atoms with E-state index in [1.807, 2.05) is 14.0 Å². The van der Waals surface area contributed by atoms with Gasteiger partial charge in [0.2, 0.25) is 0 Å². The summed E-state index contributed by atoms with van der Waals surface area (Å²) < 4.78 is 0. The summed E-state index contributed by atoms with van der Waals surface area (Å²) in [7, 11) is 2.00. The van der Waals surface area contributed by atoms with Crippen LogP contribution in [0.4, 0.5) is 5.13 Å². The van der Waals surface area contributed by atoms with Gasteiger partial charge in [0, 0.05) is 13.1 Å². The van der Waals surface area contributed by atoms with E-state index >= 15 is 0 Å². The van der Waals surface area contributed by atoms with Crippen molar-refractivity contribution in [2.24, 2.45) is 0 Å². The van der Waals surface area contributed by atoms with Gasteiger partial charge in [0.05, 0.1) is 5.69 Å². The van der Waals surface area contributed by atoms with Crippen LogP contribution in [-0.2, 0) is 6.42 Å². The summed E-state index contributed by atoms with van der Waals surface area (Å²) >= 11 is 1.29. The number of hydrogen-bond donors (Lipinski definition) is 1. The summed E-state index contributed by atoms with van der Waals surface area (Å²) in [4.78, 5) is 18.2. The van der Waals surface area contributed by atoms with E-state index in [2.05, 4.69) is 23.7 Å². The number of anilines is 1. The third-order valence-corrected chi connectivity index (χ3v) is 4.34. The van der Waals surface area contributed by atoms with Crippen LogP contribution in [0.1, 0.15) is 55.4 Å². The highest BCUT2D eigenvalue weighted by atomic mass is 32.1. The van der Waals surface area contributed by atoms with Crippen LogP contribution in [0, 0.1) is 0 Å². The minimum absolute atomic E-state index is 0.393. The first-order chi connectivity index (χ1) is 8.54. The van der Waals surface area contributed by atoms with Crippen LogP contribution in [0.5, 0.6) is 0 Å². The standard InChI is InChI=1S/C13H22N2O2S/c1-5-8-10-11(12(16)17)18-13(14-10)15(4)9(6-2)7-3/h9H,5-8H2,1-4H3,(H,16,17). The van der Waals surface area contributed by atoms with Gasteiger partial charge in [-0.1, -0.05) is 38.5 Å². The second kappa shape index (κ2) is 6.73. The van der Waals surface area contributed by atoms with Gasteiger partial charge in [0.25, 0.3) is 0 Å². The predicted octanol–water partition coefficient (Wildman–Crippen LogP) is 3.42. The maximum absolute atomic E-state index is 11.2. The number of thiazole rings is 1. The maximum Gasteiger partial charge on any atom is 0.347 e. The lowest BCUT2D eigenvalue weighted by atomic mass is 10.1. The van der Waals surface area contributed by atoms with E-state index in [1.165, 1.54) is 11.3 Å². The Bertz CT molecular complexity index is 400. The number of hydrogen-bond acceptors (Lipinski definition) is 4.